The van der Waals surface area contributed by atoms with E-state index in [1.54, 1.807) is 6.20 Å². The molecule has 0 N–H and O–H groups in total. The van der Waals surface area contributed by atoms with Gasteiger partial charge in [0.2, 0.25) is 0 Å². The zero-order chi connectivity index (χ0) is 12.4. The van der Waals surface area contributed by atoms with E-state index in [2.05, 4.69) is 47.2 Å². The lowest BCUT2D eigenvalue weighted by atomic mass is 10.0. The normalized spacial score (nSPS) is 10.7. The van der Waals surface area contributed by atoms with Crippen molar-refractivity contribution in [2.24, 2.45) is 0 Å². The molecule has 3 aromatic rings. The van der Waals surface area contributed by atoms with Crippen LogP contribution in [-0.2, 0) is 6.42 Å². The molecule has 0 amide bonds. The van der Waals surface area contributed by atoms with Crippen LogP contribution in [0.15, 0.2) is 55.0 Å². The molecule has 0 saturated heterocycles. The minimum absolute atomic E-state index is 0.986. The molecule has 18 heavy (non-hydrogen) atoms. The predicted octanol–water partition coefficient (Wildman–Crippen LogP) is 3.86. The first-order chi connectivity index (χ1) is 8.86. The second-order valence-electron chi connectivity index (χ2n) is 4.35. The summed E-state index contributed by atoms with van der Waals surface area (Å²) in [7, 11) is 0. The number of benzene rings is 1. The maximum Gasteiger partial charge on any atom is 0.0733 e. The summed E-state index contributed by atoms with van der Waals surface area (Å²) in [5.41, 5.74) is 4.69. The number of nitrogens with zero attached hydrogens (tertiary/aromatic N) is 2. The van der Waals surface area contributed by atoms with Gasteiger partial charge in [0.1, 0.15) is 0 Å². The van der Waals surface area contributed by atoms with Gasteiger partial charge < -0.3 is 0 Å². The summed E-state index contributed by atoms with van der Waals surface area (Å²) in [6.45, 7) is 2.17. The quantitative estimate of drug-likeness (QED) is 0.673. The molecular formula is C16H14N2. The third-order valence-corrected chi connectivity index (χ3v) is 3.15. The minimum atomic E-state index is 0.986. The van der Waals surface area contributed by atoms with E-state index in [1.165, 1.54) is 11.1 Å². The van der Waals surface area contributed by atoms with Crippen LogP contribution >= 0.6 is 0 Å². The van der Waals surface area contributed by atoms with Gasteiger partial charge in [-0.25, -0.2) is 0 Å². The highest BCUT2D eigenvalue weighted by molar-refractivity contribution is 5.82. The van der Waals surface area contributed by atoms with Crippen LogP contribution in [0.4, 0.5) is 0 Å². The van der Waals surface area contributed by atoms with Crippen LogP contribution in [0.5, 0.6) is 0 Å². The summed E-state index contributed by atoms with van der Waals surface area (Å²) in [5, 5.41) is 1.08. The van der Waals surface area contributed by atoms with Gasteiger partial charge in [0.15, 0.2) is 0 Å². The highest BCUT2D eigenvalue weighted by atomic mass is 14.7. The molecule has 3 rings (SSSR count). The first-order valence-corrected chi connectivity index (χ1v) is 6.16. The van der Waals surface area contributed by atoms with Gasteiger partial charge in [0.25, 0.3) is 0 Å². The summed E-state index contributed by atoms with van der Waals surface area (Å²) >= 11 is 0. The first-order valence-electron chi connectivity index (χ1n) is 6.16. The molecule has 2 nitrogen and oxygen atoms in total. The summed E-state index contributed by atoms with van der Waals surface area (Å²) in [5.74, 6) is 0. The highest BCUT2D eigenvalue weighted by Gasteiger charge is 2.01. The second-order valence-corrected chi connectivity index (χ2v) is 4.35. The van der Waals surface area contributed by atoms with Crippen LogP contribution in [0.3, 0.4) is 0 Å². The molecule has 0 bridgehead atoms. The third-order valence-electron chi connectivity index (χ3n) is 3.15. The Morgan fingerprint density at radius 1 is 1.00 bits per heavy atom. The van der Waals surface area contributed by atoms with Crippen molar-refractivity contribution in [1.82, 2.24) is 9.97 Å². The van der Waals surface area contributed by atoms with Gasteiger partial charge in [-0.1, -0.05) is 31.2 Å². The van der Waals surface area contributed by atoms with E-state index >= 15 is 0 Å². The number of hydrogen-bond acceptors (Lipinski definition) is 2. The van der Waals surface area contributed by atoms with Crippen molar-refractivity contribution in [3.8, 4) is 11.1 Å². The third kappa shape index (κ3) is 1.97. The van der Waals surface area contributed by atoms with E-state index in [0.29, 0.717) is 0 Å². The topological polar surface area (TPSA) is 25.8 Å². The summed E-state index contributed by atoms with van der Waals surface area (Å²) in [6, 6.07) is 12.7. The second kappa shape index (κ2) is 4.57. The van der Waals surface area contributed by atoms with Gasteiger partial charge >= 0.3 is 0 Å². The zero-order valence-corrected chi connectivity index (χ0v) is 10.3. The van der Waals surface area contributed by atoms with Crippen LogP contribution in [0.2, 0.25) is 0 Å². The summed E-state index contributed by atoms with van der Waals surface area (Å²) in [4.78, 5) is 8.61. The number of aromatic nitrogens is 2. The molecule has 0 atom stereocenters. The smallest absolute Gasteiger partial charge is 0.0733 e. The Morgan fingerprint density at radius 2 is 1.94 bits per heavy atom. The van der Waals surface area contributed by atoms with Crippen molar-refractivity contribution in [1.29, 1.82) is 0 Å². The molecular weight excluding hydrogens is 220 g/mol. The molecule has 0 unspecified atom stereocenters. The Morgan fingerprint density at radius 3 is 2.83 bits per heavy atom. The summed E-state index contributed by atoms with van der Waals surface area (Å²) in [6.07, 6.45) is 6.61. The maximum absolute atomic E-state index is 4.47. The van der Waals surface area contributed by atoms with Gasteiger partial charge in [-0.05, 0) is 29.7 Å². The SMILES string of the molecule is CCc1cccc(-c2cnc3ccncc3c2)c1. The summed E-state index contributed by atoms with van der Waals surface area (Å²) < 4.78 is 0. The Labute approximate surface area is 106 Å². The van der Waals surface area contributed by atoms with Crippen molar-refractivity contribution in [3.63, 3.8) is 0 Å². The lowest BCUT2D eigenvalue weighted by molar-refractivity contribution is 1.14. The van der Waals surface area contributed by atoms with Crippen molar-refractivity contribution in [2.45, 2.75) is 13.3 Å². The Hall–Kier alpha value is -2.22. The van der Waals surface area contributed by atoms with Crippen molar-refractivity contribution in [2.75, 3.05) is 0 Å². The number of hydrogen-bond donors (Lipinski definition) is 0. The molecule has 1 aromatic carbocycles. The Balaban J connectivity index is 2.13. The number of pyridine rings is 2. The van der Waals surface area contributed by atoms with E-state index in [1.807, 2.05) is 18.5 Å². The zero-order valence-electron chi connectivity index (χ0n) is 10.3. The molecule has 88 valence electrons. The van der Waals surface area contributed by atoms with Crippen LogP contribution < -0.4 is 0 Å². The van der Waals surface area contributed by atoms with Crippen LogP contribution in [0.25, 0.3) is 22.0 Å². The van der Waals surface area contributed by atoms with E-state index in [4.69, 9.17) is 0 Å². The van der Waals surface area contributed by atoms with E-state index < -0.39 is 0 Å². The maximum atomic E-state index is 4.47. The number of fused-ring (bicyclic) bond motifs is 1. The monoisotopic (exact) mass is 234 g/mol. The van der Waals surface area contributed by atoms with Crippen LogP contribution in [0, 0.1) is 0 Å². The van der Waals surface area contributed by atoms with Crippen molar-refractivity contribution >= 4 is 10.9 Å². The fraction of sp³-hybridized carbons (Fsp3) is 0.125. The minimum Gasteiger partial charge on any atom is -0.264 e. The van der Waals surface area contributed by atoms with Gasteiger partial charge in [-0.2, -0.15) is 0 Å². The van der Waals surface area contributed by atoms with E-state index in [-0.39, 0.29) is 0 Å². The first kappa shape index (κ1) is 10.9. The van der Waals surface area contributed by atoms with E-state index in [0.717, 1.165) is 22.9 Å². The lowest BCUT2D eigenvalue weighted by Gasteiger charge is -2.05. The Bertz CT molecular complexity index is 689. The molecule has 0 fully saturated rings. The predicted molar refractivity (Wildman–Crippen MR) is 74.4 cm³/mol. The number of aryl methyl sites for hydroxylation is 1. The van der Waals surface area contributed by atoms with Gasteiger partial charge in [-0.15, -0.1) is 0 Å². The molecule has 0 aliphatic heterocycles. The van der Waals surface area contributed by atoms with E-state index in [9.17, 15) is 0 Å². The van der Waals surface area contributed by atoms with Gasteiger partial charge in [0.05, 0.1) is 5.52 Å². The largest absolute Gasteiger partial charge is 0.264 e. The Kier molecular flexibility index (Phi) is 2.77. The van der Waals surface area contributed by atoms with Crippen molar-refractivity contribution < 1.29 is 0 Å². The number of rotatable bonds is 2. The van der Waals surface area contributed by atoms with Crippen LogP contribution in [-0.4, -0.2) is 9.97 Å². The molecule has 2 heteroatoms. The van der Waals surface area contributed by atoms with Gasteiger partial charge in [-0.3, -0.25) is 9.97 Å². The highest BCUT2D eigenvalue weighted by Crippen LogP contribution is 2.23. The van der Waals surface area contributed by atoms with Crippen LogP contribution in [0.1, 0.15) is 12.5 Å². The average molecular weight is 234 g/mol. The molecule has 0 radical (unpaired) electrons. The fourth-order valence-corrected chi connectivity index (χ4v) is 2.10. The molecule has 0 aliphatic carbocycles. The average Bonchev–Trinajstić information content (AvgIpc) is 2.47. The molecule has 0 saturated carbocycles. The fourth-order valence-electron chi connectivity index (χ4n) is 2.10. The molecule has 0 aliphatic rings. The molecule has 2 heterocycles. The van der Waals surface area contributed by atoms with Crippen molar-refractivity contribution in [3.05, 3.63) is 60.6 Å². The van der Waals surface area contributed by atoms with Gasteiger partial charge in [0, 0.05) is 29.5 Å². The standard InChI is InChI=1S/C16H14N2/c1-2-12-4-3-5-13(8-12)14-9-15-10-17-7-6-16(15)18-11-14/h3-11H,2H2,1H3. The molecule has 2 aromatic heterocycles. The lowest BCUT2D eigenvalue weighted by Crippen LogP contribution is -1.86. The molecule has 0 spiro atoms.